The molecule has 0 saturated carbocycles. The summed E-state index contributed by atoms with van der Waals surface area (Å²) in [5.74, 6) is 0. The lowest BCUT2D eigenvalue weighted by molar-refractivity contribution is 0.145. The van der Waals surface area contributed by atoms with Gasteiger partial charge in [0.2, 0.25) is 0 Å². The Morgan fingerprint density at radius 2 is 2.18 bits per heavy atom. The summed E-state index contributed by atoms with van der Waals surface area (Å²) in [6.45, 7) is 3.31. The first kappa shape index (κ1) is 6.68. The Morgan fingerprint density at radius 3 is 3.18 bits per heavy atom. The quantitative estimate of drug-likeness (QED) is 0.605. The standard InChI is InChI=1S/C9H10NO/c1-2-4-9-8(3-1)7-11-6-5-10-9/h1-5,10H,6-7H2. The topological polar surface area (TPSA) is 21.3 Å². The third-order valence-electron chi connectivity index (χ3n) is 1.73. The Hall–Kier alpha value is -1.02. The number of hydrogen-bond donors (Lipinski definition) is 1. The first-order valence-corrected chi connectivity index (χ1v) is 3.71. The third kappa shape index (κ3) is 1.35. The van der Waals surface area contributed by atoms with Gasteiger partial charge in [0.15, 0.2) is 0 Å². The highest BCUT2D eigenvalue weighted by molar-refractivity contribution is 5.52. The summed E-state index contributed by atoms with van der Waals surface area (Å²) in [5.41, 5.74) is 2.38. The molecule has 0 aromatic heterocycles. The van der Waals surface area contributed by atoms with Crippen molar-refractivity contribution in [1.29, 1.82) is 0 Å². The average molecular weight is 148 g/mol. The number of para-hydroxylation sites is 1. The van der Waals surface area contributed by atoms with E-state index in [1.807, 2.05) is 18.7 Å². The first-order chi connectivity index (χ1) is 5.47. The molecule has 2 heteroatoms. The summed E-state index contributed by atoms with van der Waals surface area (Å²) in [4.78, 5) is 0. The van der Waals surface area contributed by atoms with Crippen LogP contribution in [-0.2, 0) is 11.3 Å². The molecule has 0 aliphatic carbocycles. The second kappa shape index (κ2) is 2.93. The number of nitrogens with one attached hydrogen (secondary N) is 1. The molecular formula is C9H10NO. The summed E-state index contributed by atoms with van der Waals surface area (Å²) < 4.78 is 5.30. The van der Waals surface area contributed by atoms with Crippen LogP contribution in [0, 0.1) is 6.54 Å². The zero-order valence-corrected chi connectivity index (χ0v) is 6.21. The molecule has 0 fully saturated rings. The fourth-order valence-corrected chi connectivity index (χ4v) is 1.17. The molecule has 1 aliphatic rings. The fraction of sp³-hybridized carbons (Fsp3) is 0.222. The minimum atomic E-state index is 0.675. The van der Waals surface area contributed by atoms with Gasteiger partial charge in [-0.05, 0) is 6.07 Å². The van der Waals surface area contributed by atoms with Gasteiger partial charge in [-0.1, -0.05) is 18.2 Å². The van der Waals surface area contributed by atoms with Crippen molar-refractivity contribution in [2.45, 2.75) is 6.61 Å². The van der Waals surface area contributed by atoms with Crippen molar-refractivity contribution in [3.05, 3.63) is 36.4 Å². The number of ether oxygens (including phenoxy) is 1. The number of fused-ring (bicyclic) bond motifs is 1. The van der Waals surface area contributed by atoms with Crippen LogP contribution >= 0.6 is 0 Å². The minimum Gasteiger partial charge on any atom is -0.378 e. The van der Waals surface area contributed by atoms with E-state index in [4.69, 9.17) is 4.74 Å². The van der Waals surface area contributed by atoms with Crippen molar-refractivity contribution in [3.8, 4) is 0 Å². The number of benzene rings is 1. The Kier molecular flexibility index (Phi) is 1.78. The van der Waals surface area contributed by atoms with Crippen molar-refractivity contribution in [1.82, 2.24) is 0 Å². The second-order valence-corrected chi connectivity index (χ2v) is 2.52. The molecule has 2 nitrogen and oxygen atoms in total. The molecule has 0 amide bonds. The van der Waals surface area contributed by atoms with Crippen molar-refractivity contribution < 1.29 is 4.74 Å². The van der Waals surface area contributed by atoms with Gasteiger partial charge in [-0.2, -0.15) is 0 Å². The smallest absolute Gasteiger partial charge is 0.0738 e. The zero-order chi connectivity index (χ0) is 7.52. The Labute approximate surface area is 66.2 Å². The Balaban J connectivity index is 2.33. The minimum absolute atomic E-state index is 0.675. The maximum atomic E-state index is 5.30. The zero-order valence-electron chi connectivity index (χ0n) is 6.21. The summed E-state index contributed by atoms with van der Waals surface area (Å²) in [6.07, 6.45) is 0. The van der Waals surface area contributed by atoms with Crippen molar-refractivity contribution in [2.24, 2.45) is 0 Å². The first-order valence-electron chi connectivity index (χ1n) is 3.71. The van der Waals surface area contributed by atoms with Gasteiger partial charge < -0.3 is 10.1 Å². The van der Waals surface area contributed by atoms with Gasteiger partial charge in [0, 0.05) is 11.3 Å². The van der Waals surface area contributed by atoms with Crippen LogP contribution in [-0.4, -0.2) is 6.61 Å². The van der Waals surface area contributed by atoms with Crippen LogP contribution in [0.4, 0.5) is 5.69 Å². The highest BCUT2D eigenvalue weighted by atomic mass is 16.5. The van der Waals surface area contributed by atoms with Crippen LogP contribution in [0.5, 0.6) is 0 Å². The summed E-state index contributed by atoms with van der Waals surface area (Å²) >= 11 is 0. The predicted octanol–water partition coefficient (Wildman–Crippen LogP) is 1.79. The largest absolute Gasteiger partial charge is 0.378 e. The van der Waals surface area contributed by atoms with E-state index >= 15 is 0 Å². The normalized spacial score (nSPS) is 16.4. The van der Waals surface area contributed by atoms with Gasteiger partial charge in [0.1, 0.15) is 0 Å². The number of rotatable bonds is 0. The van der Waals surface area contributed by atoms with Gasteiger partial charge in [-0.25, -0.2) is 0 Å². The molecule has 2 rings (SSSR count). The molecule has 1 aliphatic heterocycles. The van der Waals surface area contributed by atoms with E-state index in [9.17, 15) is 0 Å². The van der Waals surface area contributed by atoms with Crippen LogP contribution in [0.15, 0.2) is 24.3 Å². The molecule has 0 saturated heterocycles. The predicted molar refractivity (Wildman–Crippen MR) is 44.0 cm³/mol. The molecule has 0 atom stereocenters. The van der Waals surface area contributed by atoms with Gasteiger partial charge in [-0.3, -0.25) is 0 Å². The van der Waals surface area contributed by atoms with E-state index < -0.39 is 0 Å². The van der Waals surface area contributed by atoms with E-state index in [1.165, 1.54) is 5.56 Å². The Morgan fingerprint density at radius 1 is 1.27 bits per heavy atom. The molecule has 11 heavy (non-hydrogen) atoms. The fourth-order valence-electron chi connectivity index (χ4n) is 1.17. The van der Waals surface area contributed by atoms with Gasteiger partial charge >= 0.3 is 0 Å². The van der Waals surface area contributed by atoms with Gasteiger partial charge in [0.05, 0.1) is 19.8 Å². The highest BCUT2D eigenvalue weighted by Crippen LogP contribution is 2.18. The van der Waals surface area contributed by atoms with Gasteiger partial charge in [0.25, 0.3) is 0 Å². The molecule has 0 unspecified atom stereocenters. The molecule has 1 radical (unpaired) electrons. The maximum absolute atomic E-state index is 5.30. The molecule has 0 spiro atoms. The molecule has 1 aromatic carbocycles. The summed E-state index contributed by atoms with van der Waals surface area (Å²) in [5, 5.41) is 3.18. The maximum Gasteiger partial charge on any atom is 0.0738 e. The van der Waals surface area contributed by atoms with Crippen LogP contribution < -0.4 is 5.32 Å². The molecule has 1 aromatic rings. The van der Waals surface area contributed by atoms with E-state index in [0.29, 0.717) is 13.2 Å². The molecule has 57 valence electrons. The second-order valence-electron chi connectivity index (χ2n) is 2.52. The van der Waals surface area contributed by atoms with Crippen LogP contribution in [0.2, 0.25) is 0 Å². The van der Waals surface area contributed by atoms with Gasteiger partial charge in [-0.15, -0.1) is 0 Å². The molecule has 1 heterocycles. The van der Waals surface area contributed by atoms with E-state index in [2.05, 4.69) is 17.4 Å². The molecule has 1 N–H and O–H groups in total. The van der Waals surface area contributed by atoms with Crippen LogP contribution in [0.25, 0.3) is 0 Å². The lowest BCUT2D eigenvalue weighted by Gasteiger charge is -2.03. The monoisotopic (exact) mass is 148 g/mol. The van der Waals surface area contributed by atoms with Crippen molar-refractivity contribution in [2.75, 3.05) is 11.9 Å². The van der Waals surface area contributed by atoms with Crippen LogP contribution in [0.3, 0.4) is 0 Å². The SMILES string of the molecule is [CH]1COCc2ccccc2N1. The highest BCUT2D eigenvalue weighted by Gasteiger charge is 2.04. The average Bonchev–Trinajstić information content (AvgIpc) is 2.28. The lowest BCUT2D eigenvalue weighted by atomic mass is 10.2. The Bertz CT molecular complexity index is 222. The van der Waals surface area contributed by atoms with E-state index in [0.717, 1.165) is 5.69 Å². The van der Waals surface area contributed by atoms with Crippen LogP contribution in [0.1, 0.15) is 5.56 Å². The number of hydrogen-bond acceptors (Lipinski definition) is 2. The molecular weight excluding hydrogens is 138 g/mol. The summed E-state index contributed by atoms with van der Waals surface area (Å²) in [7, 11) is 0. The third-order valence-corrected chi connectivity index (χ3v) is 1.73. The lowest BCUT2D eigenvalue weighted by Crippen LogP contribution is -1.96. The number of anilines is 1. The van der Waals surface area contributed by atoms with E-state index in [-0.39, 0.29) is 0 Å². The van der Waals surface area contributed by atoms with Crippen molar-refractivity contribution in [3.63, 3.8) is 0 Å². The summed E-state index contributed by atoms with van der Waals surface area (Å²) in [6, 6.07) is 8.17. The van der Waals surface area contributed by atoms with E-state index in [1.54, 1.807) is 0 Å². The molecule has 0 bridgehead atoms. The van der Waals surface area contributed by atoms with Crippen molar-refractivity contribution >= 4 is 5.69 Å².